The van der Waals surface area contributed by atoms with Gasteiger partial charge in [0.2, 0.25) is 0 Å². The molecule has 96 valence electrons. The van der Waals surface area contributed by atoms with Crippen LogP contribution >= 0.6 is 11.8 Å². The zero-order chi connectivity index (χ0) is 12.0. The topological polar surface area (TPSA) is 49.7 Å². The number of aliphatic hydroxyl groups excluding tert-OH is 2. The quantitative estimate of drug-likeness (QED) is 0.750. The number of methoxy groups -OCH3 is 1. The largest absolute Gasteiger partial charge is 0.396 e. The molecule has 1 aliphatic rings. The second-order valence-corrected chi connectivity index (χ2v) is 5.80. The van der Waals surface area contributed by atoms with Crippen LogP contribution in [-0.4, -0.2) is 47.1 Å². The molecule has 2 N–H and O–H groups in total. The van der Waals surface area contributed by atoms with E-state index in [0.29, 0.717) is 11.2 Å². The van der Waals surface area contributed by atoms with Crippen LogP contribution in [0.4, 0.5) is 0 Å². The van der Waals surface area contributed by atoms with E-state index >= 15 is 0 Å². The molecule has 0 bridgehead atoms. The number of ether oxygens (including phenoxy) is 1. The van der Waals surface area contributed by atoms with E-state index in [1.54, 1.807) is 7.11 Å². The van der Waals surface area contributed by atoms with Crippen molar-refractivity contribution in [2.45, 2.75) is 50.1 Å². The zero-order valence-corrected chi connectivity index (χ0v) is 11.1. The van der Waals surface area contributed by atoms with Gasteiger partial charge in [-0.25, -0.2) is 0 Å². The minimum Gasteiger partial charge on any atom is -0.396 e. The van der Waals surface area contributed by atoms with Crippen LogP contribution in [0, 0.1) is 5.92 Å². The Morgan fingerprint density at radius 1 is 1.44 bits per heavy atom. The highest BCUT2D eigenvalue weighted by Gasteiger charge is 2.32. The van der Waals surface area contributed by atoms with Crippen LogP contribution in [0.3, 0.4) is 0 Å². The Balaban J connectivity index is 2.45. The van der Waals surface area contributed by atoms with Gasteiger partial charge in [0, 0.05) is 18.1 Å². The molecule has 0 aliphatic heterocycles. The lowest BCUT2D eigenvalue weighted by Crippen LogP contribution is -2.38. The molecule has 0 aromatic carbocycles. The van der Waals surface area contributed by atoms with E-state index in [4.69, 9.17) is 9.84 Å². The highest BCUT2D eigenvalue weighted by atomic mass is 32.2. The predicted molar refractivity (Wildman–Crippen MR) is 67.8 cm³/mol. The van der Waals surface area contributed by atoms with Crippen molar-refractivity contribution in [3.63, 3.8) is 0 Å². The minimum absolute atomic E-state index is 0.00234. The van der Waals surface area contributed by atoms with E-state index in [0.717, 1.165) is 31.4 Å². The van der Waals surface area contributed by atoms with Gasteiger partial charge in [0.05, 0.1) is 18.8 Å². The predicted octanol–water partition coefficient (Wildman–Crippen LogP) is 1.67. The Hall–Kier alpha value is 0.230. The van der Waals surface area contributed by atoms with Crippen LogP contribution < -0.4 is 0 Å². The molecule has 3 nitrogen and oxygen atoms in total. The summed E-state index contributed by atoms with van der Waals surface area (Å²) >= 11 is 1.85. The third-order valence-corrected chi connectivity index (χ3v) is 5.02. The van der Waals surface area contributed by atoms with Crippen LogP contribution in [0.25, 0.3) is 0 Å². The summed E-state index contributed by atoms with van der Waals surface area (Å²) in [5, 5.41) is 19.2. The van der Waals surface area contributed by atoms with Gasteiger partial charge in [0.1, 0.15) is 0 Å². The van der Waals surface area contributed by atoms with Crippen LogP contribution in [0.5, 0.6) is 0 Å². The zero-order valence-electron chi connectivity index (χ0n) is 10.3. The smallest absolute Gasteiger partial charge is 0.0833 e. The fraction of sp³-hybridized carbons (Fsp3) is 1.00. The number of hydrogen-bond acceptors (Lipinski definition) is 4. The maximum absolute atomic E-state index is 9.75. The van der Waals surface area contributed by atoms with E-state index < -0.39 is 0 Å². The Morgan fingerprint density at radius 3 is 2.75 bits per heavy atom. The Labute approximate surface area is 103 Å². The third-order valence-electron chi connectivity index (χ3n) is 3.45. The van der Waals surface area contributed by atoms with Crippen molar-refractivity contribution >= 4 is 11.8 Å². The average molecular weight is 248 g/mol. The van der Waals surface area contributed by atoms with Crippen LogP contribution in [0.1, 0.15) is 32.6 Å². The summed E-state index contributed by atoms with van der Waals surface area (Å²) in [6, 6.07) is 0. The van der Waals surface area contributed by atoms with Crippen molar-refractivity contribution in [1.29, 1.82) is 0 Å². The van der Waals surface area contributed by atoms with Crippen molar-refractivity contribution in [2.24, 2.45) is 5.92 Å². The molecule has 0 heterocycles. The molecule has 0 radical (unpaired) electrons. The highest BCUT2D eigenvalue weighted by molar-refractivity contribution is 7.99. The van der Waals surface area contributed by atoms with E-state index in [1.165, 1.54) is 0 Å². The standard InChI is InChI=1S/C12H24O3S/c1-3-12(16-7-6-13)9-4-5-10(14)11(8-9)15-2/h9-14H,3-8H2,1-2H3. The molecule has 0 aromatic rings. The van der Waals surface area contributed by atoms with Gasteiger partial charge in [-0.2, -0.15) is 11.8 Å². The van der Waals surface area contributed by atoms with Crippen LogP contribution in [0.2, 0.25) is 0 Å². The summed E-state index contributed by atoms with van der Waals surface area (Å²) < 4.78 is 5.32. The average Bonchev–Trinajstić information content (AvgIpc) is 2.32. The van der Waals surface area contributed by atoms with Crippen molar-refractivity contribution in [3.05, 3.63) is 0 Å². The fourth-order valence-corrected chi connectivity index (χ4v) is 3.69. The van der Waals surface area contributed by atoms with Crippen molar-refractivity contribution < 1.29 is 14.9 Å². The van der Waals surface area contributed by atoms with E-state index in [1.807, 2.05) is 11.8 Å². The second kappa shape index (κ2) is 7.54. The SMILES string of the molecule is CCC(SCCO)C1CCC(O)C(OC)C1. The van der Waals surface area contributed by atoms with E-state index in [-0.39, 0.29) is 18.8 Å². The summed E-state index contributed by atoms with van der Waals surface area (Å²) in [6.07, 6.45) is 3.72. The molecule has 16 heavy (non-hydrogen) atoms. The maximum atomic E-state index is 9.75. The van der Waals surface area contributed by atoms with Gasteiger partial charge >= 0.3 is 0 Å². The molecule has 4 heteroatoms. The summed E-state index contributed by atoms with van der Waals surface area (Å²) in [5.41, 5.74) is 0. The van der Waals surface area contributed by atoms with E-state index in [2.05, 4.69) is 6.92 Å². The van der Waals surface area contributed by atoms with Gasteiger partial charge in [0.25, 0.3) is 0 Å². The maximum Gasteiger partial charge on any atom is 0.0833 e. The van der Waals surface area contributed by atoms with Gasteiger partial charge in [-0.15, -0.1) is 0 Å². The summed E-state index contributed by atoms with van der Waals surface area (Å²) in [4.78, 5) is 0. The lowest BCUT2D eigenvalue weighted by Gasteiger charge is -2.36. The van der Waals surface area contributed by atoms with Gasteiger partial charge in [0.15, 0.2) is 0 Å². The summed E-state index contributed by atoms with van der Waals surface area (Å²) in [5.74, 6) is 1.43. The molecular formula is C12H24O3S. The molecule has 1 rings (SSSR count). The van der Waals surface area contributed by atoms with Gasteiger partial charge in [-0.05, 0) is 31.6 Å². The first-order chi connectivity index (χ1) is 7.72. The molecule has 0 spiro atoms. The molecule has 4 atom stereocenters. The summed E-state index contributed by atoms with van der Waals surface area (Å²) in [7, 11) is 1.68. The van der Waals surface area contributed by atoms with Crippen molar-refractivity contribution in [3.8, 4) is 0 Å². The second-order valence-electron chi connectivity index (χ2n) is 4.46. The normalized spacial score (nSPS) is 32.6. The van der Waals surface area contributed by atoms with Crippen molar-refractivity contribution in [1.82, 2.24) is 0 Å². The molecule has 1 fully saturated rings. The number of thioether (sulfide) groups is 1. The molecule has 0 amide bonds. The van der Waals surface area contributed by atoms with Crippen LogP contribution in [-0.2, 0) is 4.74 Å². The third kappa shape index (κ3) is 3.91. The highest BCUT2D eigenvalue weighted by Crippen LogP contribution is 2.35. The van der Waals surface area contributed by atoms with Crippen molar-refractivity contribution in [2.75, 3.05) is 19.5 Å². The van der Waals surface area contributed by atoms with E-state index in [9.17, 15) is 5.11 Å². The number of hydrogen-bond donors (Lipinski definition) is 2. The number of rotatable bonds is 6. The molecule has 1 saturated carbocycles. The van der Waals surface area contributed by atoms with Crippen LogP contribution in [0.15, 0.2) is 0 Å². The fourth-order valence-electron chi connectivity index (χ4n) is 2.53. The molecular weight excluding hydrogens is 224 g/mol. The lowest BCUT2D eigenvalue weighted by molar-refractivity contribution is -0.0506. The molecule has 1 aliphatic carbocycles. The molecule has 0 saturated heterocycles. The lowest BCUT2D eigenvalue weighted by atomic mass is 9.82. The first-order valence-corrected chi connectivity index (χ1v) is 7.21. The summed E-state index contributed by atoms with van der Waals surface area (Å²) in [6.45, 7) is 2.45. The van der Waals surface area contributed by atoms with Gasteiger partial charge in [-0.1, -0.05) is 6.92 Å². The number of aliphatic hydroxyl groups is 2. The minimum atomic E-state index is -0.290. The monoisotopic (exact) mass is 248 g/mol. The Morgan fingerprint density at radius 2 is 2.19 bits per heavy atom. The first-order valence-electron chi connectivity index (χ1n) is 6.16. The Bertz CT molecular complexity index is 189. The molecule has 4 unspecified atom stereocenters. The molecule has 0 aromatic heterocycles. The van der Waals surface area contributed by atoms with Gasteiger partial charge < -0.3 is 14.9 Å². The first kappa shape index (κ1) is 14.3. The Kier molecular flexibility index (Phi) is 6.73. The van der Waals surface area contributed by atoms with Gasteiger partial charge in [-0.3, -0.25) is 0 Å².